The fourth-order valence-corrected chi connectivity index (χ4v) is 12.2. The molecule has 0 aromatic carbocycles. The number of allylic oxidation sites excluding steroid dienone is 4. The second-order valence-corrected chi connectivity index (χ2v) is 28.8. The molecule has 0 saturated carbocycles. The van der Waals surface area contributed by atoms with Gasteiger partial charge in [0.25, 0.3) is 0 Å². The summed E-state index contributed by atoms with van der Waals surface area (Å²) in [7, 11) is -9.92. The number of hydrogen-bond acceptors (Lipinski definition) is 15. The lowest BCUT2D eigenvalue weighted by Gasteiger charge is -2.21. The minimum absolute atomic E-state index is 0.0855. The number of esters is 4. The molecule has 0 radical (unpaired) electrons. The molecule has 92 heavy (non-hydrogen) atoms. The van der Waals surface area contributed by atoms with Gasteiger partial charge in [-0.05, 0) is 57.3 Å². The summed E-state index contributed by atoms with van der Waals surface area (Å²) in [5, 5.41) is 10.6. The van der Waals surface area contributed by atoms with Crippen molar-refractivity contribution < 1.29 is 80.2 Å². The average molecular weight is 1350 g/mol. The van der Waals surface area contributed by atoms with Crippen molar-refractivity contribution >= 4 is 39.5 Å². The van der Waals surface area contributed by atoms with Crippen LogP contribution < -0.4 is 0 Å². The molecule has 17 nitrogen and oxygen atoms in total. The van der Waals surface area contributed by atoms with Crippen LogP contribution >= 0.6 is 15.6 Å². The van der Waals surface area contributed by atoms with Crippen molar-refractivity contribution in [2.45, 2.75) is 374 Å². The molecule has 0 fully saturated rings. The summed E-state index contributed by atoms with van der Waals surface area (Å²) in [6.45, 7) is 7.20. The standard InChI is InChI=1S/C73H138O17P2/c1-6-10-13-16-19-22-25-27-29-31-34-37-43-48-53-58-72(77)89-68(62-84-71(76)57-52-47-42-36-33-30-28-26-23-20-17-14-11-7-2)64-87-91(79,80)85-60-67(74)61-86-92(81,82)88-65-69(63-83-70(75)56-51-46-41-35-32-24-21-18-15-12-8-3)90-73(78)59-54-49-44-39-38-40-45-50-55-66(5)9-4/h22,25,27,29,66-69,74H,6-21,23-24,26,28,30-65H2,1-5H3,(H,79,80)(H,81,82)/b25-22-,29-27-/t66?,67-,68-,69-/m1/s1. The van der Waals surface area contributed by atoms with Gasteiger partial charge in [0.05, 0.1) is 26.4 Å². The second kappa shape index (κ2) is 65.8. The summed E-state index contributed by atoms with van der Waals surface area (Å²) in [6, 6.07) is 0. The van der Waals surface area contributed by atoms with Gasteiger partial charge in [-0.25, -0.2) is 9.13 Å². The van der Waals surface area contributed by atoms with E-state index < -0.39 is 97.5 Å². The van der Waals surface area contributed by atoms with Crippen molar-refractivity contribution in [3.63, 3.8) is 0 Å². The Bertz CT molecular complexity index is 1870. The summed E-state index contributed by atoms with van der Waals surface area (Å²) in [6.07, 6.45) is 56.1. The van der Waals surface area contributed by atoms with Crippen LogP contribution in [0.3, 0.4) is 0 Å². The van der Waals surface area contributed by atoms with Gasteiger partial charge in [0, 0.05) is 25.7 Å². The van der Waals surface area contributed by atoms with E-state index in [9.17, 15) is 43.2 Å². The molecule has 0 rings (SSSR count). The smallest absolute Gasteiger partial charge is 0.462 e. The first kappa shape index (κ1) is 89.5. The van der Waals surface area contributed by atoms with Crippen molar-refractivity contribution in [1.82, 2.24) is 0 Å². The number of ether oxygens (including phenoxy) is 4. The molecule has 6 atom stereocenters. The Kier molecular flexibility index (Phi) is 64.0. The highest BCUT2D eigenvalue weighted by atomic mass is 31.2. The van der Waals surface area contributed by atoms with Crippen LogP contribution in [0.15, 0.2) is 24.3 Å². The second-order valence-electron chi connectivity index (χ2n) is 25.9. The molecule has 0 aromatic rings. The summed E-state index contributed by atoms with van der Waals surface area (Å²) in [5.74, 6) is -1.38. The zero-order valence-corrected chi connectivity index (χ0v) is 61.0. The van der Waals surface area contributed by atoms with E-state index in [0.29, 0.717) is 25.7 Å². The number of carbonyl (C=O) groups excluding carboxylic acids is 4. The number of hydrogen-bond donors (Lipinski definition) is 3. The SMILES string of the molecule is CCCCCC/C=C\C=C/CCCCCCCC(=O)O[C@H](COC(=O)CCCCCCCCCCCCCCCC)COP(=O)(O)OC[C@@H](O)COP(=O)(O)OC[C@@H](COC(=O)CCCCCCCCCCCCC)OC(=O)CCCCCCCCCCC(C)CC. The molecule has 542 valence electrons. The number of unbranched alkanes of at least 4 members (excludes halogenated alkanes) is 39. The van der Waals surface area contributed by atoms with E-state index in [2.05, 4.69) is 58.9 Å². The Morgan fingerprint density at radius 3 is 0.924 bits per heavy atom. The number of aliphatic hydroxyl groups excluding tert-OH is 1. The number of phosphoric acid groups is 2. The average Bonchev–Trinajstić information content (AvgIpc) is 1.63. The van der Waals surface area contributed by atoms with Gasteiger partial charge in [0.15, 0.2) is 12.2 Å². The van der Waals surface area contributed by atoms with Gasteiger partial charge in [-0.2, -0.15) is 0 Å². The molecule has 0 spiro atoms. The Morgan fingerprint density at radius 2 is 0.609 bits per heavy atom. The molecule has 0 saturated heterocycles. The third kappa shape index (κ3) is 64.9. The van der Waals surface area contributed by atoms with Gasteiger partial charge in [0.1, 0.15) is 19.3 Å². The number of carbonyl (C=O) groups is 4. The van der Waals surface area contributed by atoms with Crippen LogP contribution in [0, 0.1) is 5.92 Å². The van der Waals surface area contributed by atoms with Crippen molar-refractivity contribution in [2.75, 3.05) is 39.6 Å². The van der Waals surface area contributed by atoms with Gasteiger partial charge < -0.3 is 33.8 Å². The Hall–Kier alpha value is -2.46. The van der Waals surface area contributed by atoms with Gasteiger partial charge in [0.2, 0.25) is 0 Å². The molecule has 0 bridgehead atoms. The summed E-state index contributed by atoms with van der Waals surface area (Å²) in [5.41, 5.74) is 0. The molecule has 0 amide bonds. The fourth-order valence-electron chi connectivity index (χ4n) is 10.6. The monoisotopic (exact) mass is 1350 g/mol. The van der Waals surface area contributed by atoms with Crippen molar-refractivity contribution in [1.29, 1.82) is 0 Å². The zero-order chi connectivity index (χ0) is 67.7. The summed E-state index contributed by atoms with van der Waals surface area (Å²) >= 11 is 0. The van der Waals surface area contributed by atoms with E-state index in [4.69, 9.17) is 37.0 Å². The van der Waals surface area contributed by atoms with E-state index >= 15 is 0 Å². The van der Waals surface area contributed by atoms with Crippen LogP contribution in [0.5, 0.6) is 0 Å². The maximum atomic E-state index is 13.0. The molecule has 0 aromatic heterocycles. The van der Waals surface area contributed by atoms with Crippen LogP contribution in [-0.2, 0) is 65.4 Å². The van der Waals surface area contributed by atoms with E-state index in [0.717, 1.165) is 109 Å². The molecule has 3 N–H and O–H groups in total. The third-order valence-electron chi connectivity index (χ3n) is 16.8. The Balaban J connectivity index is 5.30. The zero-order valence-electron chi connectivity index (χ0n) is 59.2. The first-order valence-corrected chi connectivity index (χ1v) is 40.5. The fraction of sp³-hybridized carbons (Fsp3) is 0.890. The molecule has 0 heterocycles. The van der Waals surface area contributed by atoms with Crippen LogP contribution in [-0.4, -0.2) is 96.7 Å². The van der Waals surface area contributed by atoms with Crippen LogP contribution in [0.25, 0.3) is 0 Å². The van der Waals surface area contributed by atoms with Gasteiger partial charge in [-0.1, -0.05) is 303 Å². The highest BCUT2D eigenvalue weighted by molar-refractivity contribution is 7.47. The lowest BCUT2D eigenvalue weighted by Crippen LogP contribution is -2.30. The first-order chi connectivity index (χ1) is 44.6. The van der Waals surface area contributed by atoms with E-state index in [-0.39, 0.29) is 25.7 Å². The van der Waals surface area contributed by atoms with Crippen LogP contribution in [0.4, 0.5) is 0 Å². The molecule has 3 unspecified atom stereocenters. The molecular formula is C73H138O17P2. The highest BCUT2D eigenvalue weighted by Gasteiger charge is 2.30. The Morgan fingerprint density at radius 1 is 0.348 bits per heavy atom. The molecule has 0 aliphatic carbocycles. The lowest BCUT2D eigenvalue weighted by molar-refractivity contribution is -0.161. The molecular weight excluding hydrogens is 1210 g/mol. The van der Waals surface area contributed by atoms with E-state index in [1.807, 2.05) is 0 Å². The molecule has 0 aliphatic rings. The summed E-state index contributed by atoms with van der Waals surface area (Å²) < 4.78 is 68.4. The topological polar surface area (TPSA) is 237 Å². The minimum Gasteiger partial charge on any atom is -0.462 e. The lowest BCUT2D eigenvalue weighted by atomic mass is 9.99. The number of rotatable bonds is 71. The van der Waals surface area contributed by atoms with E-state index in [1.54, 1.807) is 0 Å². The van der Waals surface area contributed by atoms with Gasteiger partial charge in [-0.15, -0.1) is 0 Å². The first-order valence-electron chi connectivity index (χ1n) is 37.5. The van der Waals surface area contributed by atoms with Crippen LogP contribution in [0.1, 0.15) is 356 Å². The Labute approximate surface area is 561 Å². The largest absolute Gasteiger partial charge is 0.472 e. The van der Waals surface area contributed by atoms with Gasteiger partial charge in [-0.3, -0.25) is 37.3 Å². The highest BCUT2D eigenvalue weighted by Crippen LogP contribution is 2.45. The molecule has 0 aliphatic heterocycles. The molecule has 19 heteroatoms. The maximum absolute atomic E-state index is 13.0. The number of aliphatic hydroxyl groups is 1. The van der Waals surface area contributed by atoms with Crippen molar-refractivity contribution in [2.24, 2.45) is 5.92 Å². The summed E-state index contributed by atoms with van der Waals surface area (Å²) in [4.78, 5) is 72.7. The van der Waals surface area contributed by atoms with Gasteiger partial charge >= 0.3 is 39.5 Å². The van der Waals surface area contributed by atoms with E-state index in [1.165, 1.54) is 167 Å². The van der Waals surface area contributed by atoms with Crippen molar-refractivity contribution in [3.8, 4) is 0 Å². The quantitative estimate of drug-likeness (QED) is 0.0169. The normalized spacial score (nSPS) is 14.5. The minimum atomic E-state index is -4.96. The van der Waals surface area contributed by atoms with Crippen LogP contribution in [0.2, 0.25) is 0 Å². The third-order valence-corrected chi connectivity index (χ3v) is 18.7. The predicted octanol–water partition coefficient (Wildman–Crippen LogP) is 20.9. The number of phosphoric ester groups is 2. The van der Waals surface area contributed by atoms with Crippen molar-refractivity contribution in [3.05, 3.63) is 24.3 Å². The predicted molar refractivity (Wildman–Crippen MR) is 372 cm³/mol. The maximum Gasteiger partial charge on any atom is 0.472 e.